The number of nitrogens with one attached hydrogen (secondary N) is 1. The van der Waals surface area contributed by atoms with Crippen molar-refractivity contribution >= 4 is 12.1 Å². The van der Waals surface area contributed by atoms with Gasteiger partial charge in [-0.3, -0.25) is 4.79 Å². The van der Waals surface area contributed by atoms with Gasteiger partial charge in [-0.15, -0.1) is 0 Å². The largest absolute Gasteiger partial charge is 0.469 e. The molecular formula is C25H45NO4. The van der Waals surface area contributed by atoms with Crippen LogP contribution in [0, 0.1) is 17.3 Å². The number of alkyl carbamates (subject to hydrolysis) is 1. The molecule has 0 aliphatic heterocycles. The fraction of sp³-hybridized carbons (Fsp3) is 0.920. The summed E-state index contributed by atoms with van der Waals surface area (Å²) in [5.41, 5.74) is -1.21. The Balaban J connectivity index is 2.07. The quantitative estimate of drug-likeness (QED) is 0.436. The predicted octanol–water partition coefficient (Wildman–Crippen LogP) is 6.39. The predicted molar refractivity (Wildman–Crippen MR) is 120 cm³/mol. The average Bonchev–Trinajstić information content (AvgIpc) is 2.73. The number of hydrogen-bond donors (Lipinski definition) is 1. The monoisotopic (exact) mass is 423 g/mol. The maximum atomic E-state index is 13.1. The molecule has 1 N–H and O–H groups in total. The lowest BCUT2D eigenvalue weighted by atomic mass is 9.72. The van der Waals surface area contributed by atoms with E-state index in [1.165, 1.54) is 71.3 Å². The van der Waals surface area contributed by atoms with Crippen LogP contribution >= 0.6 is 0 Å². The first-order chi connectivity index (χ1) is 14.2. The molecule has 2 rings (SSSR count). The average molecular weight is 424 g/mol. The van der Waals surface area contributed by atoms with Gasteiger partial charge < -0.3 is 14.8 Å². The summed E-state index contributed by atoms with van der Waals surface area (Å²) in [7, 11) is 1.48. The lowest BCUT2D eigenvalue weighted by molar-refractivity contribution is -0.154. The molecule has 0 saturated heterocycles. The van der Waals surface area contributed by atoms with Gasteiger partial charge in [-0.2, -0.15) is 0 Å². The number of carbonyl (C=O) groups is 2. The summed E-state index contributed by atoms with van der Waals surface area (Å²) in [6.45, 7) is 5.86. The summed E-state index contributed by atoms with van der Waals surface area (Å²) in [5.74, 6) is 1.21. The number of carbonyl (C=O) groups excluding carboxylic acids is 2. The Bertz CT molecular complexity index is 506. The zero-order chi connectivity index (χ0) is 22.0. The zero-order valence-electron chi connectivity index (χ0n) is 19.9. The Kier molecular flexibility index (Phi) is 9.96. The van der Waals surface area contributed by atoms with Crippen LogP contribution in [0.3, 0.4) is 0 Å². The van der Waals surface area contributed by atoms with E-state index >= 15 is 0 Å². The van der Waals surface area contributed by atoms with Gasteiger partial charge in [-0.25, -0.2) is 4.79 Å². The van der Waals surface area contributed by atoms with Crippen LogP contribution in [0.15, 0.2) is 0 Å². The highest BCUT2D eigenvalue weighted by Crippen LogP contribution is 2.39. The van der Waals surface area contributed by atoms with Crippen molar-refractivity contribution in [3.63, 3.8) is 0 Å². The smallest absolute Gasteiger partial charge is 0.407 e. The molecule has 2 saturated carbocycles. The second-order valence-electron chi connectivity index (χ2n) is 10.7. The van der Waals surface area contributed by atoms with E-state index in [1.807, 2.05) is 20.8 Å². The first kappa shape index (κ1) is 25.0. The summed E-state index contributed by atoms with van der Waals surface area (Å²) in [5, 5.41) is 2.91. The summed E-state index contributed by atoms with van der Waals surface area (Å²) >= 11 is 0. The van der Waals surface area contributed by atoms with Crippen LogP contribution in [0.5, 0.6) is 0 Å². The van der Waals surface area contributed by atoms with E-state index in [0.717, 1.165) is 25.7 Å². The summed E-state index contributed by atoms with van der Waals surface area (Å²) in [6.07, 6.45) is 16.1. The molecule has 0 bridgehead atoms. The number of hydrogen-bond acceptors (Lipinski definition) is 4. The number of esters is 1. The van der Waals surface area contributed by atoms with E-state index in [-0.39, 0.29) is 5.97 Å². The van der Waals surface area contributed by atoms with E-state index in [9.17, 15) is 9.59 Å². The Morgan fingerprint density at radius 3 is 1.70 bits per heavy atom. The summed E-state index contributed by atoms with van der Waals surface area (Å²) in [6, 6.07) is 0. The third-order valence-electron chi connectivity index (χ3n) is 7.10. The fourth-order valence-corrected chi connectivity index (χ4v) is 5.26. The molecule has 0 radical (unpaired) electrons. The molecule has 174 valence electrons. The van der Waals surface area contributed by atoms with E-state index in [4.69, 9.17) is 9.47 Å². The van der Waals surface area contributed by atoms with Crippen molar-refractivity contribution < 1.29 is 19.1 Å². The normalized spacial score (nSPS) is 19.3. The third kappa shape index (κ3) is 8.47. The summed E-state index contributed by atoms with van der Waals surface area (Å²) < 4.78 is 10.7. The lowest BCUT2D eigenvalue weighted by Crippen LogP contribution is -2.45. The zero-order valence-corrected chi connectivity index (χ0v) is 19.9. The van der Waals surface area contributed by atoms with Gasteiger partial charge in [-0.1, -0.05) is 64.2 Å². The van der Waals surface area contributed by atoms with Gasteiger partial charge in [-0.05, 0) is 58.3 Å². The number of ether oxygens (including phenoxy) is 2. The maximum absolute atomic E-state index is 13.1. The van der Waals surface area contributed by atoms with Crippen molar-refractivity contribution in [2.24, 2.45) is 17.3 Å². The minimum absolute atomic E-state index is 0.176. The van der Waals surface area contributed by atoms with Crippen molar-refractivity contribution in [1.29, 1.82) is 0 Å². The molecule has 5 nitrogen and oxygen atoms in total. The Hall–Kier alpha value is -1.26. The maximum Gasteiger partial charge on any atom is 0.407 e. The minimum atomic E-state index is -0.652. The van der Waals surface area contributed by atoms with Crippen LogP contribution in [0.4, 0.5) is 4.79 Å². The molecular weight excluding hydrogens is 378 g/mol. The molecule has 0 aromatic carbocycles. The topological polar surface area (TPSA) is 64.6 Å². The molecule has 0 spiro atoms. The molecule has 0 atom stereocenters. The number of rotatable bonds is 9. The minimum Gasteiger partial charge on any atom is -0.469 e. The van der Waals surface area contributed by atoms with Crippen LogP contribution in [-0.4, -0.2) is 31.3 Å². The second kappa shape index (κ2) is 12.0. The van der Waals surface area contributed by atoms with Crippen molar-refractivity contribution in [1.82, 2.24) is 5.32 Å². The first-order valence-electron chi connectivity index (χ1n) is 12.3. The standard InChI is InChI=1S/C25H45NO4/c1-24(2,3)30-23(28)26-19-25(22(27)29-4,17-15-20-11-7-5-8-12-20)18-16-21-13-9-6-10-14-21/h20-21H,5-19H2,1-4H3,(H,26,28). The Morgan fingerprint density at radius 1 is 0.833 bits per heavy atom. The van der Waals surface area contributed by atoms with E-state index in [2.05, 4.69) is 5.32 Å². The molecule has 0 aromatic heterocycles. The molecule has 30 heavy (non-hydrogen) atoms. The highest BCUT2D eigenvalue weighted by molar-refractivity contribution is 5.78. The molecule has 2 fully saturated rings. The molecule has 2 aliphatic carbocycles. The molecule has 2 aliphatic rings. The summed E-state index contributed by atoms with van der Waals surface area (Å²) in [4.78, 5) is 25.4. The van der Waals surface area contributed by atoms with Crippen LogP contribution in [0.25, 0.3) is 0 Å². The van der Waals surface area contributed by atoms with Crippen LogP contribution in [-0.2, 0) is 14.3 Å². The van der Waals surface area contributed by atoms with Crippen LogP contribution in [0.2, 0.25) is 0 Å². The highest BCUT2D eigenvalue weighted by Gasteiger charge is 2.41. The van der Waals surface area contributed by atoms with Crippen molar-refractivity contribution in [2.75, 3.05) is 13.7 Å². The van der Waals surface area contributed by atoms with Gasteiger partial charge in [0.15, 0.2) is 0 Å². The molecule has 0 heterocycles. The second-order valence-corrected chi connectivity index (χ2v) is 10.7. The van der Waals surface area contributed by atoms with Gasteiger partial charge in [0.05, 0.1) is 12.5 Å². The lowest BCUT2D eigenvalue weighted by Gasteiger charge is -2.35. The van der Waals surface area contributed by atoms with E-state index < -0.39 is 17.1 Å². The molecule has 5 heteroatoms. The van der Waals surface area contributed by atoms with Crippen molar-refractivity contribution in [3.05, 3.63) is 0 Å². The van der Waals surface area contributed by atoms with Gasteiger partial charge in [0.1, 0.15) is 5.60 Å². The van der Waals surface area contributed by atoms with E-state index in [1.54, 1.807) is 0 Å². The highest BCUT2D eigenvalue weighted by atomic mass is 16.6. The third-order valence-corrected chi connectivity index (χ3v) is 7.10. The van der Waals surface area contributed by atoms with Gasteiger partial charge in [0.2, 0.25) is 0 Å². The molecule has 0 unspecified atom stereocenters. The first-order valence-corrected chi connectivity index (χ1v) is 12.3. The molecule has 1 amide bonds. The van der Waals surface area contributed by atoms with Crippen molar-refractivity contribution in [3.8, 4) is 0 Å². The van der Waals surface area contributed by atoms with Crippen molar-refractivity contribution in [2.45, 2.75) is 116 Å². The fourth-order valence-electron chi connectivity index (χ4n) is 5.26. The van der Waals surface area contributed by atoms with Gasteiger partial charge in [0.25, 0.3) is 0 Å². The molecule has 0 aromatic rings. The number of methoxy groups -OCH3 is 1. The Labute approximate surface area is 184 Å². The Morgan fingerprint density at radius 2 is 1.30 bits per heavy atom. The van der Waals surface area contributed by atoms with Gasteiger partial charge >= 0.3 is 12.1 Å². The number of amides is 1. The van der Waals surface area contributed by atoms with Crippen LogP contribution < -0.4 is 5.32 Å². The van der Waals surface area contributed by atoms with Gasteiger partial charge in [0, 0.05) is 6.54 Å². The van der Waals surface area contributed by atoms with Crippen LogP contribution in [0.1, 0.15) is 111 Å². The van der Waals surface area contributed by atoms with E-state index in [0.29, 0.717) is 18.4 Å². The SMILES string of the molecule is COC(=O)C(CCC1CCCCC1)(CCC1CCCCC1)CNC(=O)OC(C)(C)C.